The summed E-state index contributed by atoms with van der Waals surface area (Å²) in [5.74, 6) is 1.60. The van der Waals surface area contributed by atoms with Crippen LogP contribution in [0.2, 0.25) is 0 Å². The van der Waals surface area contributed by atoms with Crippen LogP contribution < -0.4 is 15.2 Å². The molecule has 0 aliphatic carbocycles. The van der Waals surface area contributed by atoms with E-state index in [-0.39, 0.29) is 19.2 Å². The van der Waals surface area contributed by atoms with Crippen LogP contribution in [0.3, 0.4) is 0 Å². The number of aliphatic hydroxyl groups excluding tert-OH is 2. The zero-order valence-corrected chi connectivity index (χ0v) is 15.2. The molecule has 11 heteroatoms. The number of fused-ring (bicyclic) bond motifs is 2. The number of nitrogens with two attached hydrogens (primary N) is 1. The van der Waals surface area contributed by atoms with E-state index < -0.39 is 24.5 Å². The van der Waals surface area contributed by atoms with Gasteiger partial charge >= 0.3 is 0 Å². The molecule has 1 fully saturated rings. The first kappa shape index (κ1) is 18.1. The van der Waals surface area contributed by atoms with Crippen molar-refractivity contribution < 1.29 is 29.2 Å². The van der Waals surface area contributed by atoms with Gasteiger partial charge in [0.1, 0.15) is 30.2 Å². The standard InChI is InChI=1S/C18H19N5O6/c19-16-13-17(21-6-20-16)23(7-22-13)18-15(25)14(24)12(29-18)5-26-4-9-1-2-10-11(3-9)28-8-27-10/h1-3,6-7,12,14-15,18,24-25H,4-5,8H2,(H2,19,20,21)/t12-,14-,15-,18-/m1/s1. The number of hydrogen-bond acceptors (Lipinski definition) is 10. The molecule has 29 heavy (non-hydrogen) atoms. The molecule has 4 heterocycles. The molecule has 5 rings (SSSR count). The predicted octanol–water partition coefficient (Wildman–Crippen LogP) is -0.0268. The van der Waals surface area contributed by atoms with E-state index in [2.05, 4.69) is 15.0 Å². The third-order valence-corrected chi connectivity index (χ3v) is 4.99. The number of anilines is 1. The van der Waals surface area contributed by atoms with Crippen LogP contribution in [-0.4, -0.2) is 61.4 Å². The summed E-state index contributed by atoms with van der Waals surface area (Å²) >= 11 is 0. The van der Waals surface area contributed by atoms with E-state index in [4.69, 9.17) is 24.7 Å². The van der Waals surface area contributed by atoms with E-state index in [1.807, 2.05) is 18.2 Å². The molecule has 2 aromatic heterocycles. The van der Waals surface area contributed by atoms with Crippen LogP contribution >= 0.6 is 0 Å². The van der Waals surface area contributed by atoms with Crippen molar-refractivity contribution >= 4 is 17.0 Å². The van der Waals surface area contributed by atoms with Gasteiger partial charge < -0.3 is 34.9 Å². The highest BCUT2D eigenvalue weighted by Crippen LogP contribution is 2.34. The van der Waals surface area contributed by atoms with Gasteiger partial charge in [-0.1, -0.05) is 6.07 Å². The molecular formula is C18H19N5O6. The summed E-state index contributed by atoms with van der Waals surface area (Å²) in [6, 6.07) is 5.53. The number of rotatable bonds is 5. The number of aliphatic hydroxyl groups is 2. The monoisotopic (exact) mass is 401 g/mol. The Balaban J connectivity index is 1.25. The lowest BCUT2D eigenvalue weighted by Gasteiger charge is -2.16. The van der Waals surface area contributed by atoms with Gasteiger partial charge in [-0.15, -0.1) is 0 Å². The van der Waals surface area contributed by atoms with E-state index in [0.717, 1.165) is 5.56 Å². The molecule has 152 valence electrons. The smallest absolute Gasteiger partial charge is 0.231 e. The van der Waals surface area contributed by atoms with Gasteiger partial charge in [0.15, 0.2) is 29.2 Å². The SMILES string of the molecule is Nc1ncnc2c1ncn2[C@@H]1O[C@H](COCc2ccc3c(c2)OCO3)[C@@H](O)[C@H]1O. The number of benzene rings is 1. The molecule has 11 nitrogen and oxygen atoms in total. The molecule has 0 spiro atoms. The van der Waals surface area contributed by atoms with E-state index >= 15 is 0 Å². The maximum Gasteiger partial charge on any atom is 0.231 e. The van der Waals surface area contributed by atoms with Gasteiger partial charge in [0.2, 0.25) is 6.79 Å². The number of nitrogens with zero attached hydrogens (tertiary/aromatic N) is 4. The van der Waals surface area contributed by atoms with Gasteiger partial charge in [-0.05, 0) is 17.7 Å². The molecule has 0 unspecified atom stereocenters. The Labute approximate surface area is 164 Å². The van der Waals surface area contributed by atoms with Crippen LogP contribution in [0, 0.1) is 0 Å². The zero-order valence-electron chi connectivity index (χ0n) is 15.2. The van der Waals surface area contributed by atoms with Crippen molar-refractivity contribution in [2.24, 2.45) is 0 Å². The summed E-state index contributed by atoms with van der Waals surface area (Å²) in [6.07, 6.45) is -1.15. The lowest BCUT2D eigenvalue weighted by Crippen LogP contribution is -2.33. The number of ether oxygens (including phenoxy) is 4. The number of nitrogen functional groups attached to an aromatic ring is 1. The fraction of sp³-hybridized carbons (Fsp3) is 0.389. The quantitative estimate of drug-likeness (QED) is 0.532. The Morgan fingerprint density at radius 2 is 2.00 bits per heavy atom. The highest BCUT2D eigenvalue weighted by Gasteiger charge is 2.44. The molecule has 0 bridgehead atoms. The fourth-order valence-corrected chi connectivity index (χ4v) is 3.48. The van der Waals surface area contributed by atoms with Gasteiger partial charge in [0.05, 0.1) is 19.5 Å². The largest absolute Gasteiger partial charge is 0.454 e. The Kier molecular flexibility index (Phi) is 4.43. The number of aromatic nitrogens is 4. The molecule has 1 aromatic carbocycles. The highest BCUT2D eigenvalue weighted by molar-refractivity contribution is 5.81. The molecule has 2 aliphatic rings. The van der Waals surface area contributed by atoms with Crippen molar-refractivity contribution in [1.29, 1.82) is 0 Å². The Morgan fingerprint density at radius 1 is 1.14 bits per heavy atom. The van der Waals surface area contributed by atoms with Crippen LogP contribution in [0.15, 0.2) is 30.9 Å². The summed E-state index contributed by atoms with van der Waals surface area (Å²) in [4.78, 5) is 12.2. The fourth-order valence-electron chi connectivity index (χ4n) is 3.48. The van der Waals surface area contributed by atoms with E-state index in [1.54, 1.807) is 0 Å². The molecule has 2 aliphatic heterocycles. The Hall–Kier alpha value is -2.99. The van der Waals surface area contributed by atoms with Crippen LogP contribution in [0.1, 0.15) is 11.8 Å². The van der Waals surface area contributed by atoms with Crippen molar-refractivity contribution in [2.45, 2.75) is 31.1 Å². The molecule has 0 radical (unpaired) electrons. The molecule has 1 saturated heterocycles. The first-order valence-corrected chi connectivity index (χ1v) is 9.02. The Bertz CT molecular complexity index is 1040. The van der Waals surface area contributed by atoms with Crippen molar-refractivity contribution in [3.8, 4) is 11.5 Å². The molecule has 4 N–H and O–H groups in total. The molecule has 0 amide bonds. The second-order valence-corrected chi connectivity index (χ2v) is 6.83. The van der Waals surface area contributed by atoms with E-state index in [1.165, 1.54) is 17.2 Å². The molecule has 0 saturated carbocycles. The van der Waals surface area contributed by atoms with Crippen LogP contribution in [0.5, 0.6) is 11.5 Å². The summed E-state index contributed by atoms with van der Waals surface area (Å²) < 4.78 is 23.7. The lowest BCUT2D eigenvalue weighted by atomic mass is 10.1. The maximum atomic E-state index is 10.5. The van der Waals surface area contributed by atoms with Crippen molar-refractivity contribution in [1.82, 2.24) is 19.5 Å². The van der Waals surface area contributed by atoms with Gasteiger partial charge in [-0.25, -0.2) is 15.0 Å². The van der Waals surface area contributed by atoms with Crippen LogP contribution in [0.25, 0.3) is 11.2 Å². The average molecular weight is 401 g/mol. The van der Waals surface area contributed by atoms with Gasteiger partial charge in [0, 0.05) is 0 Å². The van der Waals surface area contributed by atoms with E-state index in [0.29, 0.717) is 29.3 Å². The van der Waals surface area contributed by atoms with Crippen molar-refractivity contribution in [3.05, 3.63) is 36.4 Å². The summed E-state index contributed by atoms with van der Waals surface area (Å²) in [7, 11) is 0. The topological polar surface area (TPSA) is 147 Å². The minimum atomic E-state index is -1.18. The second kappa shape index (κ2) is 7.12. The summed E-state index contributed by atoms with van der Waals surface area (Å²) in [6.45, 7) is 0.592. The predicted molar refractivity (Wildman–Crippen MR) is 97.9 cm³/mol. The van der Waals surface area contributed by atoms with Gasteiger partial charge in [0.25, 0.3) is 0 Å². The number of hydrogen-bond donors (Lipinski definition) is 3. The van der Waals surface area contributed by atoms with Gasteiger partial charge in [-0.2, -0.15) is 0 Å². The minimum Gasteiger partial charge on any atom is -0.454 e. The zero-order chi connectivity index (χ0) is 20.0. The van der Waals surface area contributed by atoms with Crippen LogP contribution in [0.4, 0.5) is 5.82 Å². The average Bonchev–Trinajstić information content (AvgIpc) is 3.42. The maximum absolute atomic E-state index is 10.5. The Morgan fingerprint density at radius 3 is 2.90 bits per heavy atom. The molecular weight excluding hydrogens is 382 g/mol. The number of imidazole rings is 1. The minimum absolute atomic E-state index is 0.0902. The first-order chi connectivity index (χ1) is 14.1. The van der Waals surface area contributed by atoms with Crippen LogP contribution in [-0.2, 0) is 16.1 Å². The highest BCUT2D eigenvalue weighted by atomic mass is 16.7. The third kappa shape index (κ3) is 3.13. The normalized spacial score (nSPS) is 25.7. The lowest BCUT2D eigenvalue weighted by molar-refractivity contribution is -0.0682. The van der Waals surface area contributed by atoms with E-state index in [9.17, 15) is 10.2 Å². The third-order valence-electron chi connectivity index (χ3n) is 4.99. The summed E-state index contributed by atoms with van der Waals surface area (Å²) in [5.41, 5.74) is 7.51. The van der Waals surface area contributed by atoms with Gasteiger partial charge in [-0.3, -0.25) is 4.57 Å². The molecule has 4 atom stereocenters. The van der Waals surface area contributed by atoms with Crippen molar-refractivity contribution in [3.63, 3.8) is 0 Å². The molecule has 3 aromatic rings. The second-order valence-electron chi connectivity index (χ2n) is 6.83. The van der Waals surface area contributed by atoms with Crippen molar-refractivity contribution in [2.75, 3.05) is 19.1 Å². The summed E-state index contributed by atoms with van der Waals surface area (Å²) in [5, 5.41) is 20.9. The first-order valence-electron chi connectivity index (χ1n) is 9.02.